The first-order valence-corrected chi connectivity index (χ1v) is 23.5. The Balaban J connectivity index is 1.49. The van der Waals surface area contributed by atoms with Crippen molar-refractivity contribution in [3.8, 4) is 0 Å². The van der Waals surface area contributed by atoms with Gasteiger partial charge in [0.25, 0.3) is 0 Å². The Hall–Kier alpha value is -7.62. The van der Waals surface area contributed by atoms with E-state index < -0.39 is 107 Å². The molecule has 15 N–H and O–H groups in total. The number of nitrogens with one attached hydrogen (secondary N) is 9. The minimum atomic E-state index is -1.67. The third kappa shape index (κ3) is 17.1. The van der Waals surface area contributed by atoms with E-state index in [9.17, 15) is 43.2 Å². The number of fused-ring (bicyclic) bond motifs is 1. The second-order valence-corrected chi connectivity index (χ2v) is 19.0. The number of para-hydroxylation sites is 1. The maximum absolute atomic E-state index is 14.2. The van der Waals surface area contributed by atoms with Gasteiger partial charge in [0.1, 0.15) is 41.8 Å². The first-order valence-electron chi connectivity index (χ1n) is 23.5. The minimum absolute atomic E-state index is 0.00905. The minimum Gasteiger partial charge on any atom is -0.370 e. The van der Waals surface area contributed by atoms with Gasteiger partial charge in [-0.3, -0.25) is 43.2 Å². The number of imidazole rings is 1. The molecule has 71 heavy (non-hydrogen) atoms. The summed E-state index contributed by atoms with van der Waals surface area (Å²) in [7, 11) is 0. The number of hydrogen-bond donors (Lipinski definition) is 12. The smallest absolute Gasteiger partial charge is 0.245 e. The summed E-state index contributed by atoms with van der Waals surface area (Å²) < 4.78 is 0. The second kappa shape index (κ2) is 25.8. The molecule has 2 aromatic heterocycles. The third-order valence-electron chi connectivity index (χ3n) is 11.6. The molecule has 4 rings (SSSR count). The Morgan fingerprint density at radius 2 is 1.25 bits per heavy atom. The highest BCUT2D eigenvalue weighted by Crippen LogP contribution is 2.20. The third-order valence-corrected chi connectivity index (χ3v) is 11.6. The van der Waals surface area contributed by atoms with Gasteiger partial charge in [-0.1, -0.05) is 76.2 Å². The van der Waals surface area contributed by atoms with Crippen LogP contribution < -0.4 is 54.4 Å². The molecule has 384 valence electrons. The van der Waals surface area contributed by atoms with Gasteiger partial charge in [-0.25, -0.2) is 4.98 Å². The number of hydrogen-bond acceptors (Lipinski definition) is 11. The fourth-order valence-corrected chi connectivity index (χ4v) is 7.59. The summed E-state index contributed by atoms with van der Waals surface area (Å²) in [5, 5.41) is 19.3. The van der Waals surface area contributed by atoms with Crippen molar-refractivity contribution in [2.45, 2.75) is 135 Å². The zero-order valence-corrected chi connectivity index (χ0v) is 41.2. The Labute approximate surface area is 412 Å². The number of nitrogens with two attached hydrogens (primary N) is 3. The lowest BCUT2D eigenvalue weighted by Gasteiger charge is -2.31. The SMILES string of the molecule is CC(C)C[C@H](NC(=O)[C@H](Cc1cnc[nH]1)NC(=O)C(C)(C)NC(=O)[C@@H](NC(=O)[C@H](C)NC(=O)[C@@H](Cc1c[nH]c2ccccc12)NC(=O)[C@H](CCC(N)=O)NC(=O)[C@H](N)Cc1ccccc1)C(C)C)C(N)=O. The predicted octanol–water partition coefficient (Wildman–Crippen LogP) is -0.477. The van der Waals surface area contributed by atoms with Gasteiger partial charge in [0.05, 0.1) is 12.4 Å². The predicted molar refractivity (Wildman–Crippen MR) is 264 cm³/mol. The van der Waals surface area contributed by atoms with Gasteiger partial charge in [-0.2, -0.15) is 0 Å². The highest BCUT2D eigenvalue weighted by Gasteiger charge is 2.38. The summed E-state index contributed by atoms with van der Waals surface area (Å²) >= 11 is 0. The molecular weight excluding hydrogens is 915 g/mol. The maximum atomic E-state index is 14.2. The molecule has 0 fully saturated rings. The van der Waals surface area contributed by atoms with Crippen LogP contribution in [0, 0.1) is 11.8 Å². The fraction of sp³-hybridized carbons (Fsp3) is 0.469. The lowest BCUT2D eigenvalue weighted by molar-refractivity contribution is -0.138. The zero-order chi connectivity index (χ0) is 52.6. The summed E-state index contributed by atoms with van der Waals surface area (Å²) in [5.41, 5.74) is 18.2. The van der Waals surface area contributed by atoms with E-state index in [0.717, 1.165) is 16.5 Å². The molecule has 2 aromatic carbocycles. The average Bonchev–Trinajstić information content (AvgIpc) is 3.98. The Morgan fingerprint density at radius 3 is 1.87 bits per heavy atom. The normalized spacial score (nSPS) is 14.5. The van der Waals surface area contributed by atoms with Gasteiger partial charge in [0, 0.05) is 48.3 Å². The molecule has 0 radical (unpaired) electrons. The van der Waals surface area contributed by atoms with Gasteiger partial charge in [0.15, 0.2) is 0 Å². The number of rotatable bonds is 27. The van der Waals surface area contributed by atoms with Gasteiger partial charge in [-0.05, 0) is 69.1 Å². The highest BCUT2D eigenvalue weighted by atomic mass is 16.2. The van der Waals surface area contributed by atoms with E-state index in [0.29, 0.717) is 11.3 Å². The molecule has 0 spiro atoms. The largest absolute Gasteiger partial charge is 0.370 e. The molecular formula is C49H69N13O9. The number of carbonyl (C=O) groups is 9. The summed E-state index contributed by atoms with van der Waals surface area (Å²) in [6.45, 7) is 11.2. The average molecular weight is 984 g/mol. The van der Waals surface area contributed by atoms with Crippen LogP contribution in [-0.4, -0.2) is 116 Å². The molecule has 0 aliphatic heterocycles. The van der Waals surface area contributed by atoms with Crippen LogP contribution in [0.3, 0.4) is 0 Å². The van der Waals surface area contributed by atoms with Crippen molar-refractivity contribution < 1.29 is 43.2 Å². The van der Waals surface area contributed by atoms with Crippen LogP contribution in [0.5, 0.6) is 0 Å². The molecule has 4 aromatic rings. The first kappa shape index (κ1) is 56.0. The van der Waals surface area contributed by atoms with Crippen LogP contribution >= 0.6 is 0 Å². The number of nitrogens with zero attached hydrogens (tertiary/aromatic N) is 1. The molecule has 0 aliphatic carbocycles. The number of aromatic amines is 2. The van der Waals surface area contributed by atoms with Crippen molar-refractivity contribution in [1.29, 1.82) is 0 Å². The van der Waals surface area contributed by atoms with Crippen LogP contribution in [-0.2, 0) is 62.4 Å². The number of benzene rings is 2. The molecule has 2 heterocycles. The molecule has 0 saturated carbocycles. The van der Waals surface area contributed by atoms with Gasteiger partial charge >= 0.3 is 0 Å². The summed E-state index contributed by atoms with van der Waals surface area (Å²) in [4.78, 5) is 131. The molecule has 22 heteroatoms. The number of H-pyrrole nitrogens is 2. The van der Waals surface area contributed by atoms with Crippen LogP contribution in [0.25, 0.3) is 10.9 Å². The van der Waals surface area contributed by atoms with E-state index in [-0.39, 0.29) is 44.4 Å². The number of amides is 9. The van der Waals surface area contributed by atoms with Crippen molar-refractivity contribution in [2.24, 2.45) is 29.0 Å². The van der Waals surface area contributed by atoms with Gasteiger partial charge in [0.2, 0.25) is 53.2 Å². The van der Waals surface area contributed by atoms with Crippen LogP contribution in [0.2, 0.25) is 0 Å². The van der Waals surface area contributed by atoms with Crippen molar-refractivity contribution in [2.75, 3.05) is 0 Å². The lowest BCUT2D eigenvalue weighted by atomic mass is 9.98. The van der Waals surface area contributed by atoms with Crippen molar-refractivity contribution in [1.82, 2.24) is 52.2 Å². The molecule has 7 atom stereocenters. The number of carbonyl (C=O) groups excluding carboxylic acids is 9. The highest BCUT2D eigenvalue weighted by molar-refractivity contribution is 5.99. The quantitative estimate of drug-likeness (QED) is 0.0362. The zero-order valence-electron chi connectivity index (χ0n) is 41.2. The Morgan fingerprint density at radius 1 is 0.648 bits per heavy atom. The van der Waals surface area contributed by atoms with E-state index in [1.54, 1.807) is 50.4 Å². The van der Waals surface area contributed by atoms with Crippen molar-refractivity contribution in [3.63, 3.8) is 0 Å². The van der Waals surface area contributed by atoms with Gasteiger partial charge < -0.3 is 64.4 Å². The van der Waals surface area contributed by atoms with E-state index in [2.05, 4.69) is 52.2 Å². The first-order chi connectivity index (χ1) is 33.4. The standard InChI is InChI=1S/C49H69N13O9/c1-26(2)19-36(41(52)64)58-46(69)38(22-31-24-53-25-55-31)60-48(71)49(6,7)62-47(70)40(27(3)4)61-42(65)28(5)56-45(68)37(21-30-23-54-34-16-12-11-15-32(30)34)59-44(67)35(17-18-39(51)63)57-43(66)33(50)20-29-13-9-8-10-14-29/h8-16,23-28,33,35-38,40,54H,17-22,50H2,1-7H3,(H2,51,63)(H2,52,64)(H,53,55)(H,56,68)(H,57,66)(H,58,69)(H,59,67)(H,60,71)(H,61,65)(H,62,70)/t28-,33+,35-,36-,37+,38-,40-/m0/s1. The Kier molecular flexibility index (Phi) is 20.4. The summed E-state index contributed by atoms with van der Waals surface area (Å²) in [6.07, 6.45) is 4.34. The summed E-state index contributed by atoms with van der Waals surface area (Å²) in [5.74, 6) is -7.31. The molecule has 0 bridgehead atoms. The molecule has 22 nitrogen and oxygen atoms in total. The van der Waals surface area contributed by atoms with E-state index in [4.69, 9.17) is 17.2 Å². The molecule has 9 amide bonds. The van der Waals surface area contributed by atoms with E-state index >= 15 is 0 Å². The molecule has 0 aliphatic rings. The second-order valence-electron chi connectivity index (χ2n) is 19.0. The van der Waals surface area contributed by atoms with Crippen molar-refractivity contribution in [3.05, 3.63) is 90.1 Å². The topological polar surface area (TPSA) is 360 Å². The van der Waals surface area contributed by atoms with Gasteiger partial charge in [-0.15, -0.1) is 0 Å². The van der Waals surface area contributed by atoms with E-state index in [1.165, 1.54) is 33.3 Å². The van der Waals surface area contributed by atoms with Crippen LogP contribution in [0.4, 0.5) is 0 Å². The van der Waals surface area contributed by atoms with Crippen molar-refractivity contribution >= 4 is 64.1 Å². The summed E-state index contributed by atoms with van der Waals surface area (Å²) in [6, 6.07) is 7.76. The number of primary amides is 2. The monoisotopic (exact) mass is 984 g/mol. The molecule has 0 saturated heterocycles. The maximum Gasteiger partial charge on any atom is 0.245 e. The lowest BCUT2D eigenvalue weighted by Crippen LogP contribution is -2.64. The number of aromatic nitrogens is 3. The van der Waals surface area contributed by atoms with Crippen LogP contribution in [0.1, 0.15) is 84.5 Å². The Bertz CT molecular complexity index is 2490. The van der Waals surface area contributed by atoms with E-state index in [1.807, 2.05) is 38.1 Å². The fourth-order valence-electron chi connectivity index (χ4n) is 7.59. The van der Waals surface area contributed by atoms with Crippen LogP contribution in [0.15, 0.2) is 73.3 Å². The molecule has 0 unspecified atom stereocenters.